The van der Waals surface area contributed by atoms with E-state index < -0.39 is 0 Å². The summed E-state index contributed by atoms with van der Waals surface area (Å²) in [4.78, 5) is 41.8. The number of amides is 2. The number of fused-ring (bicyclic) bond motifs is 1. The third kappa shape index (κ3) is 9.41. The van der Waals surface area contributed by atoms with Crippen molar-refractivity contribution in [2.24, 2.45) is 0 Å². The largest absolute Gasteiger partial charge is 0.492 e. The highest BCUT2D eigenvalue weighted by molar-refractivity contribution is 6.30. The zero-order valence-corrected chi connectivity index (χ0v) is 39.8. The molecule has 2 aliphatic rings. The molecule has 8 aromatic carbocycles. The number of carbonyl (C=O) groups excluding carboxylic acids is 2. The quantitative estimate of drug-likeness (QED) is 0.0891. The van der Waals surface area contributed by atoms with Crippen molar-refractivity contribution in [3.8, 4) is 17.6 Å². The molecule has 350 valence electrons. The lowest BCUT2D eigenvalue weighted by atomic mass is 10.0. The predicted octanol–water partition coefficient (Wildman–Crippen LogP) is 13.6. The van der Waals surface area contributed by atoms with Crippen molar-refractivity contribution < 1.29 is 19.1 Å². The molecule has 0 unspecified atom stereocenters. The maximum absolute atomic E-state index is 15.3. The van der Waals surface area contributed by atoms with Crippen LogP contribution < -0.4 is 19.3 Å². The molecule has 0 bridgehead atoms. The zero-order valence-electron chi connectivity index (χ0n) is 39.8. The number of hydrogen-bond acceptors (Lipinski definition) is 7. The van der Waals surface area contributed by atoms with Crippen molar-refractivity contribution in [1.82, 2.24) is 9.80 Å². The lowest BCUT2D eigenvalue weighted by molar-refractivity contribution is -0.124. The highest BCUT2D eigenvalue weighted by Gasteiger charge is 2.49. The summed E-state index contributed by atoms with van der Waals surface area (Å²) in [6.45, 7) is 12.3. The molecule has 0 saturated heterocycles. The molecule has 2 aliphatic heterocycles. The molecule has 0 atom stereocenters. The van der Waals surface area contributed by atoms with Crippen LogP contribution in [0.5, 0.6) is 11.5 Å². The fourth-order valence-electron chi connectivity index (χ4n) is 9.15. The van der Waals surface area contributed by atoms with Crippen LogP contribution in [0.1, 0.15) is 27.8 Å². The molecule has 72 heavy (non-hydrogen) atoms. The van der Waals surface area contributed by atoms with E-state index in [-0.39, 0.29) is 38.1 Å². The second-order valence-corrected chi connectivity index (χ2v) is 17.4. The topological polar surface area (TPSA) is 93.7 Å². The van der Waals surface area contributed by atoms with Crippen molar-refractivity contribution >= 4 is 63.0 Å². The molecule has 0 N–H and O–H groups in total. The lowest BCUT2D eigenvalue weighted by Crippen LogP contribution is -2.34. The summed E-state index contributed by atoms with van der Waals surface area (Å²) in [5, 5.41) is 9.57. The molecular formula is C62H48N6O4. The molecule has 2 amide bonds. The van der Waals surface area contributed by atoms with Gasteiger partial charge in [0.1, 0.15) is 24.7 Å². The van der Waals surface area contributed by atoms with E-state index in [1.54, 1.807) is 34.1 Å². The minimum Gasteiger partial charge on any atom is -0.492 e. The predicted molar refractivity (Wildman–Crippen MR) is 284 cm³/mol. The van der Waals surface area contributed by atoms with Gasteiger partial charge in [0.2, 0.25) is 0 Å². The molecule has 0 saturated carbocycles. The lowest BCUT2D eigenvalue weighted by Gasteiger charge is -2.28. The SMILES string of the molecule is [C-]#[N+]c1ccc(N(c2ccc(C)cc2)c2ccc(C3=C4C(=O)N(CCOc5ccccc5)C(c5ccc(N(c6ccc(C)cc6)c6ccc(C#N)cc6)cc5)=C4C(=O)N3CCOc3ccccc3)cc2)cc1. The summed E-state index contributed by atoms with van der Waals surface area (Å²) in [7, 11) is 0. The van der Waals surface area contributed by atoms with E-state index in [1.165, 1.54) is 0 Å². The van der Waals surface area contributed by atoms with Gasteiger partial charge in [0.05, 0.1) is 53.8 Å². The third-order valence-electron chi connectivity index (χ3n) is 12.7. The van der Waals surface area contributed by atoms with Gasteiger partial charge in [0, 0.05) is 34.1 Å². The Bertz CT molecular complexity index is 3170. The van der Waals surface area contributed by atoms with Gasteiger partial charge in [0.25, 0.3) is 11.8 Å². The van der Waals surface area contributed by atoms with E-state index >= 15 is 9.59 Å². The average Bonchev–Trinajstić information content (AvgIpc) is 3.87. The Morgan fingerprint density at radius 3 is 1.15 bits per heavy atom. The van der Waals surface area contributed by atoms with Crippen molar-refractivity contribution in [3.05, 3.63) is 257 Å². The summed E-state index contributed by atoms with van der Waals surface area (Å²) in [5.41, 5.74) is 11.6. The molecule has 8 aromatic rings. The van der Waals surface area contributed by atoms with Crippen molar-refractivity contribution in [2.75, 3.05) is 36.1 Å². The van der Waals surface area contributed by atoms with E-state index in [4.69, 9.17) is 16.0 Å². The first-order valence-electron chi connectivity index (χ1n) is 23.7. The molecule has 0 fully saturated rings. The molecule has 0 radical (unpaired) electrons. The fourth-order valence-corrected chi connectivity index (χ4v) is 9.15. The first-order valence-corrected chi connectivity index (χ1v) is 23.7. The molecule has 0 aliphatic carbocycles. The van der Waals surface area contributed by atoms with Crippen molar-refractivity contribution in [2.45, 2.75) is 13.8 Å². The average molecular weight is 941 g/mol. The number of carbonyl (C=O) groups is 2. The van der Waals surface area contributed by atoms with Crippen LogP contribution in [0.25, 0.3) is 16.2 Å². The highest BCUT2D eigenvalue weighted by atomic mass is 16.5. The van der Waals surface area contributed by atoms with E-state index in [0.29, 0.717) is 56.4 Å². The number of hydrogen-bond donors (Lipinski definition) is 0. The standard InChI is InChI=1S/C62H48N6O4/c1-43-14-26-49(27-15-43)67(51-30-18-45(42-63)19-31-51)52-32-20-46(21-33-52)59-57-58(62(70)65(59)38-40-71-55-10-6-4-7-11-55)60(66(61(57)69)39-41-72-56-12-8-5-9-13-56)47-22-34-53(35-23-47)68(50-28-16-44(2)17-29-50)54-36-24-48(64-3)25-37-54/h4-37H,38-41H2,1-2H3. The first-order chi connectivity index (χ1) is 35.3. The maximum atomic E-state index is 15.3. The maximum Gasteiger partial charge on any atom is 0.261 e. The van der Waals surface area contributed by atoms with Gasteiger partial charge in [0.15, 0.2) is 5.69 Å². The van der Waals surface area contributed by atoms with Crippen LogP contribution in [0, 0.1) is 31.8 Å². The Balaban J connectivity index is 1.08. The summed E-state index contributed by atoms with van der Waals surface area (Å²) < 4.78 is 12.4. The van der Waals surface area contributed by atoms with Gasteiger partial charge >= 0.3 is 0 Å². The minimum atomic E-state index is -0.306. The second-order valence-electron chi connectivity index (χ2n) is 17.4. The van der Waals surface area contributed by atoms with Gasteiger partial charge in [-0.25, -0.2) is 4.85 Å². The Hall–Kier alpha value is -9.64. The number of para-hydroxylation sites is 2. The van der Waals surface area contributed by atoms with Crippen LogP contribution in [0.2, 0.25) is 0 Å². The third-order valence-corrected chi connectivity index (χ3v) is 12.7. The van der Waals surface area contributed by atoms with E-state index in [0.717, 1.165) is 45.3 Å². The Morgan fingerprint density at radius 1 is 0.472 bits per heavy atom. The first kappa shape index (κ1) is 46.1. The van der Waals surface area contributed by atoms with Crippen molar-refractivity contribution in [3.63, 3.8) is 0 Å². The summed E-state index contributed by atoms with van der Waals surface area (Å²) >= 11 is 0. The normalized spacial score (nSPS) is 12.9. The number of anilines is 6. The smallest absolute Gasteiger partial charge is 0.261 e. The summed E-state index contributed by atoms with van der Waals surface area (Å²) in [5.74, 6) is 0.730. The highest BCUT2D eigenvalue weighted by Crippen LogP contribution is 2.48. The molecule has 2 heterocycles. The molecule has 10 heteroatoms. The van der Waals surface area contributed by atoms with Gasteiger partial charge < -0.3 is 29.1 Å². The second kappa shape index (κ2) is 20.5. The van der Waals surface area contributed by atoms with E-state index in [9.17, 15) is 5.26 Å². The zero-order chi connectivity index (χ0) is 49.6. The molecule has 10 rings (SSSR count). The van der Waals surface area contributed by atoms with Crippen LogP contribution in [-0.2, 0) is 9.59 Å². The van der Waals surface area contributed by atoms with Gasteiger partial charge in [-0.2, -0.15) is 5.26 Å². The van der Waals surface area contributed by atoms with E-state index in [1.807, 2.05) is 147 Å². The van der Waals surface area contributed by atoms with Gasteiger partial charge in [-0.3, -0.25) is 9.59 Å². The Morgan fingerprint density at radius 2 is 0.806 bits per heavy atom. The molecule has 0 aromatic heterocycles. The number of aryl methyl sites for hydroxylation is 2. The van der Waals surface area contributed by atoms with Crippen LogP contribution in [0.15, 0.2) is 217 Å². The van der Waals surface area contributed by atoms with Crippen LogP contribution in [-0.4, -0.2) is 47.9 Å². The number of nitrogens with zero attached hydrogens (tertiary/aromatic N) is 6. The van der Waals surface area contributed by atoms with Gasteiger partial charge in [-0.1, -0.05) is 108 Å². The van der Waals surface area contributed by atoms with Crippen molar-refractivity contribution in [1.29, 1.82) is 5.26 Å². The number of nitriles is 1. The van der Waals surface area contributed by atoms with Crippen LogP contribution in [0.4, 0.5) is 39.8 Å². The number of ether oxygens (including phenoxy) is 2. The summed E-state index contributed by atoms with van der Waals surface area (Å²) in [6.07, 6.45) is 0. The van der Waals surface area contributed by atoms with Gasteiger partial charge in [-0.05, 0) is 134 Å². The Kier molecular flexibility index (Phi) is 13.1. The number of rotatable bonds is 16. The monoisotopic (exact) mass is 940 g/mol. The molecule has 0 spiro atoms. The van der Waals surface area contributed by atoms with E-state index in [2.05, 4.69) is 69.2 Å². The fraction of sp³-hybridized carbons (Fsp3) is 0.0968. The van der Waals surface area contributed by atoms with Crippen LogP contribution in [0.3, 0.4) is 0 Å². The number of benzene rings is 8. The molecular weight excluding hydrogens is 893 g/mol. The molecule has 10 nitrogen and oxygen atoms in total. The minimum absolute atomic E-state index is 0.174. The summed E-state index contributed by atoms with van der Waals surface area (Å²) in [6, 6.07) is 68.3. The van der Waals surface area contributed by atoms with Crippen LogP contribution >= 0.6 is 0 Å². The Labute approximate surface area is 419 Å². The van der Waals surface area contributed by atoms with Gasteiger partial charge in [-0.15, -0.1) is 0 Å².